The van der Waals surface area contributed by atoms with Crippen LogP contribution in [0.25, 0.3) is 0 Å². The lowest BCUT2D eigenvalue weighted by Crippen LogP contribution is -2.45. The number of carboxylic acid groups (broad SMARTS) is 1. The summed E-state index contributed by atoms with van der Waals surface area (Å²) in [7, 11) is 1.58. The summed E-state index contributed by atoms with van der Waals surface area (Å²) < 4.78 is 0. The van der Waals surface area contributed by atoms with Crippen molar-refractivity contribution in [3.05, 3.63) is 29.8 Å². The van der Waals surface area contributed by atoms with E-state index in [4.69, 9.17) is 10.8 Å². The molecule has 0 aliphatic carbocycles. The topological polar surface area (TPSA) is 83.6 Å². The van der Waals surface area contributed by atoms with Crippen molar-refractivity contribution >= 4 is 17.6 Å². The molecule has 104 valence electrons. The van der Waals surface area contributed by atoms with Crippen LogP contribution in [0.4, 0.5) is 5.69 Å². The molecule has 1 aromatic rings. The first-order valence-electron chi connectivity index (χ1n) is 6.18. The second kappa shape index (κ2) is 5.84. The van der Waals surface area contributed by atoms with E-state index in [0.29, 0.717) is 12.1 Å². The minimum Gasteiger partial charge on any atom is -0.478 e. The van der Waals surface area contributed by atoms with Crippen molar-refractivity contribution in [3.8, 4) is 0 Å². The van der Waals surface area contributed by atoms with Crippen LogP contribution in [0.15, 0.2) is 24.3 Å². The van der Waals surface area contributed by atoms with Gasteiger partial charge in [0, 0.05) is 13.6 Å². The van der Waals surface area contributed by atoms with E-state index < -0.39 is 11.4 Å². The van der Waals surface area contributed by atoms with Crippen molar-refractivity contribution in [1.29, 1.82) is 0 Å². The SMILES string of the molecule is CCC(C)(CN)C(=O)N(C)c1ccccc1C(=O)O. The number of rotatable bonds is 5. The Morgan fingerprint density at radius 2 is 1.95 bits per heavy atom. The molecule has 1 aromatic carbocycles. The number of hydrogen-bond acceptors (Lipinski definition) is 3. The summed E-state index contributed by atoms with van der Waals surface area (Å²) in [6.45, 7) is 3.90. The van der Waals surface area contributed by atoms with Gasteiger partial charge in [-0.2, -0.15) is 0 Å². The molecule has 0 heterocycles. The summed E-state index contributed by atoms with van der Waals surface area (Å²) in [5, 5.41) is 9.15. The maximum atomic E-state index is 12.5. The van der Waals surface area contributed by atoms with Gasteiger partial charge in [0.15, 0.2) is 0 Å². The molecule has 0 aliphatic rings. The quantitative estimate of drug-likeness (QED) is 0.848. The van der Waals surface area contributed by atoms with Gasteiger partial charge in [-0.15, -0.1) is 0 Å². The van der Waals surface area contributed by atoms with E-state index in [1.165, 1.54) is 11.0 Å². The molecule has 0 saturated heterocycles. The van der Waals surface area contributed by atoms with Crippen LogP contribution in [0.2, 0.25) is 0 Å². The third-order valence-corrected chi connectivity index (χ3v) is 3.55. The Hall–Kier alpha value is -1.88. The van der Waals surface area contributed by atoms with Crippen molar-refractivity contribution in [1.82, 2.24) is 0 Å². The highest BCUT2D eigenvalue weighted by molar-refractivity contribution is 6.03. The molecule has 5 heteroatoms. The maximum absolute atomic E-state index is 12.5. The van der Waals surface area contributed by atoms with Gasteiger partial charge in [-0.05, 0) is 25.5 Å². The van der Waals surface area contributed by atoms with E-state index in [0.717, 1.165) is 0 Å². The Kier molecular flexibility index (Phi) is 4.67. The molecular formula is C14H20N2O3. The number of amides is 1. The van der Waals surface area contributed by atoms with Crippen molar-refractivity contribution < 1.29 is 14.7 Å². The van der Waals surface area contributed by atoms with Gasteiger partial charge in [-0.25, -0.2) is 4.79 Å². The molecule has 1 atom stereocenters. The summed E-state index contributed by atoms with van der Waals surface area (Å²) >= 11 is 0. The fraction of sp³-hybridized carbons (Fsp3) is 0.429. The van der Waals surface area contributed by atoms with Crippen molar-refractivity contribution in [2.24, 2.45) is 11.1 Å². The zero-order chi connectivity index (χ0) is 14.6. The van der Waals surface area contributed by atoms with Gasteiger partial charge in [0.1, 0.15) is 0 Å². The lowest BCUT2D eigenvalue weighted by Gasteiger charge is -2.31. The van der Waals surface area contributed by atoms with Gasteiger partial charge in [0.05, 0.1) is 16.7 Å². The number of carbonyl (C=O) groups is 2. The fourth-order valence-corrected chi connectivity index (χ4v) is 1.84. The van der Waals surface area contributed by atoms with Crippen molar-refractivity contribution in [3.63, 3.8) is 0 Å². The normalized spacial score (nSPS) is 13.7. The van der Waals surface area contributed by atoms with E-state index >= 15 is 0 Å². The van der Waals surface area contributed by atoms with Crippen LogP contribution in [-0.4, -0.2) is 30.6 Å². The molecule has 0 spiro atoms. The summed E-state index contributed by atoms with van der Waals surface area (Å²) in [5.74, 6) is -1.23. The van der Waals surface area contributed by atoms with E-state index in [-0.39, 0.29) is 18.0 Å². The van der Waals surface area contributed by atoms with Crippen molar-refractivity contribution in [2.45, 2.75) is 20.3 Å². The average Bonchev–Trinajstić information content (AvgIpc) is 2.44. The number of hydrogen-bond donors (Lipinski definition) is 2. The molecular weight excluding hydrogens is 244 g/mol. The first-order valence-corrected chi connectivity index (χ1v) is 6.18. The molecule has 0 bridgehead atoms. The minimum absolute atomic E-state index is 0.105. The predicted molar refractivity (Wildman–Crippen MR) is 74.3 cm³/mol. The number of benzene rings is 1. The Bertz CT molecular complexity index is 481. The Morgan fingerprint density at radius 3 is 2.42 bits per heavy atom. The standard InChI is InChI=1S/C14H20N2O3/c1-4-14(2,9-15)13(19)16(3)11-8-6-5-7-10(11)12(17)18/h5-8H,4,9,15H2,1-3H3,(H,17,18). The lowest BCUT2D eigenvalue weighted by molar-refractivity contribution is -0.126. The smallest absolute Gasteiger partial charge is 0.337 e. The van der Waals surface area contributed by atoms with E-state index in [2.05, 4.69) is 0 Å². The minimum atomic E-state index is -1.05. The molecule has 1 amide bonds. The van der Waals surface area contributed by atoms with Gasteiger partial charge in [-0.1, -0.05) is 19.1 Å². The van der Waals surface area contributed by atoms with E-state index in [1.807, 2.05) is 6.92 Å². The van der Waals surface area contributed by atoms with Gasteiger partial charge in [0.25, 0.3) is 0 Å². The van der Waals surface area contributed by atoms with Crippen molar-refractivity contribution in [2.75, 3.05) is 18.5 Å². The highest BCUT2D eigenvalue weighted by Crippen LogP contribution is 2.27. The molecule has 0 radical (unpaired) electrons. The Balaban J connectivity index is 3.17. The Morgan fingerprint density at radius 1 is 1.37 bits per heavy atom. The maximum Gasteiger partial charge on any atom is 0.337 e. The molecule has 0 aromatic heterocycles. The van der Waals surface area contributed by atoms with Gasteiger partial charge < -0.3 is 15.7 Å². The van der Waals surface area contributed by atoms with Crippen LogP contribution in [-0.2, 0) is 4.79 Å². The predicted octanol–water partition coefficient (Wildman–Crippen LogP) is 1.72. The summed E-state index contributed by atoms with van der Waals surface area (Å²) in [6.07, 6.45) is 0.599. The number of nitrogens with two attached hydrogens (primary N) is 1. The first kappa shape index (κ1) is 15.2. The lowest BCUT2D eigenvalue weighted by atomic mass is 9.86. The van der Waals surface area contributed by atoms with Crippen LogP contribution >= 0.6 is 0 Å². The van der Waals surface area contributed by atoms with Gasteiger partial charge in [0.2, 0.25) is 5.91 Å². The third kappa shape index (κ3) is 2.93. The molecule has 0 saturated carbocycles. The average molecular weight is 264 g/mol. The zero-order valence-corrected chi connectivity index (χ0v) is 11.5. The molecule has 3 N–H and O–H groups in total. The van der Waals surface area contributed by atoms with Crippen LogP contribution in [0, 0.1) is 5.41 Å². The molecule has 0 fully saturated rings. The molecule has 1 unspecified atom stereocenters. The van der Waals surface area contributed by atoms with Crippen LogP contribution in [0.1, 0.15) is 30.6 Å². The second-order valence-electron chi connectivity index (χ2n) is 4.80. The molecule has 0 aliphatic heterocycles. The third-order valence-electron chi connectivity index (χ3n) is 3.55. The summed E-state index contributed by atoms with van der Waals surface area (Å²) in [5.41, 5.74) is 5.48. The number of nitrogens with zero attached hydrogens (tertiary/aromatic N) is 1. The van der Waals surface area contributed by atoms with Crippen LogP contribution in [0.3, 0.4) is 0 Å². The molecule has 19 heavy (non-hydrogen) atoms. The number of para-hydroxylation sites is 1. The van der Waals surface area contributed by atoms with Crippen LogP contribution < -0.4 is 10.6 Å². The van der Waals surface area contributed by atoms with E-state index in [1.54, 1.807) is 32.2 Å². The second-order valence-corrected chi connectivity index (χ2v) is 4.80. The summed E-state index contributed by atoms with van der Waals surface area (Å²) in [4.78, 5) is 25.0. The summed E-state index contributed by atoms with van der Waals surface area (Å²) in [6, 6.07) is 6.44. The number of carbonyl (C=O) groups excluding carboxylic acids is 1. The number of carboxylic acids is 1. The fourth-order valence-electron chi connectivity index (χ4n) is 1.84. The molecule has 1 rings (SSSR count). The first-order chi connectivity index (χ1) is 8.87. The van der Waals surface area contributed by atoms with Gasteiger partial charge >= 0.3 is 5.97 Å². The number of aromatic carboxylic acids is 1. The zero-order valence-electron chi connectivity index (χ0n) is 11.5. The van der Waals surface area contributed by atoms with Crippen LogP contribution in [0.5, 0.6) is 0 Å². The highest BCUT2D eigenvalue weighted by atomic mass is 16.4. The number of anilines is 1. The highest BCUT2D eigenvalue weighted by Gasteiger charge is 2.33. The largest absolute Gasteiger partial charge is 0.478 e. The Labute approximate surface area is 113 Å². The van der Waals surface area contributed by atoms with E-state index in [9.17, 15) is 9.59 Å². The monoisotopic (exact) mass is 264 g/mol. The van der Waals surface area contributed by atoms with Gasteiger partial charge in [-0.3, -0.25) is 4.79 Å². The molecule has 5 nitrogen and oxygen atoms in total.